The summed E-state index contributed by atoms with van der Waals surface area (Å²) in [6, 6.07) is 7.14. The molecule has 0 heterocycles. The third-order valence-electron chi connectivity index (χ3n) is 4.26. The van der Waals surface area contributed by atoms with Crippen LogP contribution in [0.15, 0.2) is 30.3 Å². The van der Waals surface area contributed by atoms with Gasteiger partial charge < -0.3 is 26.6 Å². The number of nitrogens with one attached hydrogen (secondary N) is 1. The van der Waals surface area contributed by atoms with Crippen LogP contribution in [0.2, 0.25) is 0 Å². The fourth-order valence-electron chi connectivity index (χ4n) is 3.05. The molecule has 6 N–H and O–H groups in total. The van der Waals surface area contributed by atoms with E-state index >= 15 is 0 Å². The Bertz CT molecular complexity index is 741. The molecule has 0 aliphatic heterocycles. The zero-order valence-electron chi connectivity index (χ0n) is 16.6. The Morgan fingerprint density at radius 3 is 2.13 bits per heavy atom. The standard InChI is InChI=1S/C19H26F3N3O5/c1-18(2,30-17(24)29)9-12(10-19(20,21)22)16(28)25-13(14(26)15(23)27)8-11-6-4-3-5-7-11/h3-7,12-14,26H,8-10H2,1-2H3,(H2,23,27)(H2,24,29)(H,25,28)/t12?,13?,14-/m0/s1. The number of primary amides is 2. The van der Waals surface area contributed by atoms with Crippen LogP contribution >= 0.6 is 0 Å². The van der Waals surface area contributed by atoms with Crippen molar-refractivity contribution in [2.45, 2.75) is 57.0 Å². The lowest BCUT2D eigenvalue weighted by atomic mass is 9.89. The van der Waals surface area contributed by atoms with E-state index in [1.165, 1.54) is 13.8 Å². The van der Waals surface area contributed by atoms with Gasteiger partial charge in [-0.3, -0.25) is 9.59 Å². The number of rotatable bonds is 10. The lowest BCUT2D eigenvalue weighted by Crippen LogP contribution is -2.52. The Morgan fingerprint density at radius 1 is 1.10 bits per heavy atom. The number of hydrogen-bond donors (Lipinski definition) is 4. The number of halogens is 3. The number of benzene rings is 1. The summed E-state index contributed by atoms with van der Waals surface area (Å²) in [4.78, 5) is 35.1. The minimum atomic E-state index is -4.69. The van der Waals surface area contributed by atoms with Gasteiger partial charge in [0.25, 0.3) is 0 Å². The molecule has 168 valence electrons. The topological polar surface area (TPSA) is 145 Å². The van der Waals surface area contributed by atoms with Crippen LogP contribution in [0, 0.1) is 5.92 Å². The van der Waals surface area contributed by atoms with Crippen LogP contribution in [0.1, 0.15) is 32.3 Å². The molecule has 8 nitrogen and oxygen atoms in total. The number of alkyl halides is 3. The maximum atomic E-state index is 13.0. The Labute approximate surface area is 171 Å². The number of ether oxygens (including phenoxy) is 1. The number of aliphatic hydroxyl groups is 1. The highest BCUT2D eigenvalue weighted by Gasteiger charge is 2.40. The summed E-state index contributed by atoms with van der Waals surface area (Å²) in [6.07, 6.45) is -9.76. The predicted molar refractivity (Wildman–Crippen MR) is 101 cm³/mol. The fraction of sp³-hybridized carbons (Fsp3) is 0.526. The van der Waals surface area contributed by atoms with Crippen LogP contribution in [-0.2, 0) is 20.7 Å². The van der Waals surface area contributed by atoms with Crippen LogP contribution in [0.5, 0.6) is 0 Å². The monoisotopic (exact) mass is 433 g/mol. The molecule has 0 saturated heterocycles. The summed E-state index contributed by atoms with van der Waals surface area (Å²) >= 11 is 0. The molecule has 1 aromatic carbocycles. The number of amides is 3. The number of carbonyl (C=O) groups excluding carboxylic acids is 3. The van der Waals surface area contributed by atoms with Gasteiger partial charge in [0, 0.05) is 0 Å². The Kier molecular flexibility index (Phi) is 8.64. The van der Waals surface area contributed by atoms with Crippen LogP contribution in [-0.4, -0.2) is 46.9 Å². The molecule has 0 saturated carbocycles. The summed E-state index contributed by atoms with van der Waals surface area (Å²) in [5.41, 5.74) is 9.19. The first kappa shape index (κ1) is 25.2. The molecule has 0 aliphatic rings. The molecular formula is C19H26F3N3O5. The van der Waals surface area contributed by atoms with E-state index in [1.54, 1.807) is 30.3 Å². The maximum absolute atomic E-state index is 13.0. The van der Waals surface area contributed by atoms with Crippen LogP contribution in [0.25, 0.3) is 0 Å². The number of hydrogen-bond acceptors (Lipinski definition) is 5. The highest BCUT2D eigenvalue weighted by molar-refractivity contribution is 5.83. The second kappa shape index (κ2) is 10.3. The largest absolute Gasteiger partial charge is 0.444 e. The van der Waals surface area contributed by atoms with Gasteiger partial charge in [-0.1, -0.05) is 30.3 Å². The van der Waals surface area contributed by atoms with Gasteiger partial charge in [-0.15, -0.1) is 0 Å². The van der Waals surface area contributed by atoms with Crippen molar-refractivity contribution in [3.05, 3.63) is 35.9 Å². The molecule has 11 heteroatoms. The molecule has 2 unspecified atom stereocenters. The van der Waals surface area contributed by atoms with Crippen LogP contribution in [0.3, 0.4) is 0 Å². The van der Waals surface area contributed by atoms with Crippen molar-refractivity contribution in [3.63, 3.8) is 0 Å². The zero-order chi connectivity index (χ0) is 23.1. The Morgan fingerprint density at radius 2 is 1.67 bits per heavy atom. The molecule has 0 aromatic heterocycles. The summed E-state index contributed by atoms with van der Waals surface area (Å²) in [6.45, 7) is 2.63. The van der Waals surface area contributed by atoms with Gasteiger partial charge in [0.15, 0.2) is 6.10 Å². The second-order valence-corrected chi connectivity index (χ2v) is 7.55. The number of nitrogens with two attached hydrogens (primary N) is 2. The zero-order valence-corrected chi connectivity index (χ0v) is 16.6. The van der Waals surface area contributed by atoms with E-state index in [0.29, 0.717) is 5.56 Å². The van der Waals surface area contributed by atoms with Crippen molar-refractivity contribution in [2.75, 3.05) is 0 Å². The van der Waals surface area contributed by atoms with Gasteiger partial charge in [-0.2, -0.15) is 13.2 Å². The van der Waals surface area contributed by atoms with Gasteiger partial charge in [0.05, 0.1) is 18.4 Å². The van der Waals surface area contributed by atoms with E-state index in [4.69, 9.17) is 16.2 Å². The lowest BCUT2D eigenvalue weighted by Gasteiger charge is -2.30. The first-order valence-electron chi connectivity index (χ1n) is 9.07. The highest BCUT2D eigenvalue weighted by atomic mass is 19.4. The fourth-order valence-corrected chi connectivity index (χ4v) is 3.05. The lowest BCUT2D eigenvalue weighted by molar-refractivity contribution is -0.159. The van der Waals surface area contributed by atoms with Gasteiger partial charge >= 0.3 is 12.3 Å². The molecule has 0 radical (unpaired) electrons. The molecule has 3 amide bonds. The van der Waals surface area contributed by atoms with Gasteiger partial charge in [0.1, 0.15) is 5.60 Å². The summed E-state index contributed by atoms with van der Waals surface area (Å²) < 4.78 is 43.9. The smallest absolute Gasteiger partial charge is 0.405 e. The minimum absolute atomic E-state index is 0.0450. The van der Waals surface area contributed by atoms with Crippen molar-refractivity contribution in [1.82, 2.24) is 5.32 Å². The van der Waals surface area contributed by atoms with Crippen molar-refractivity contribution >= 4 is 17.9 Å². The normalized spacial score (nSPS) is 15.0. The van der Waals surface area contributed by atoms with E-state index in [-0.39, 0.29) is 6.42 Å². The highest BCUT2D eigenvalue weighted by Crippen LogP contribution is 2.31. The Hall–Kier alpha value is -2.82. The molecule has 0 aliphatic carbocycles. The van der Waals surface area contributed by atoms with Gasteiger partial charge in [-0.25, -0.2) is 4.79 Å². The third-order valence-corrected chi connectivity index (χ3v) is 4.26. The SMILES string of the molecule is CC(C)(CC(CC(F)(F)F)C(=O)NC(Cc1ccccc1)[C@H](O)C(N)=O)OC(N)=O. The Balaban J connectivity index is 3.07. The summed E-state index contributed by atoms with van der Waals surface area (Å²) in [7, 11) is 0. The molecule has 0 fully saturated rings. The van der Waals surface area contributed by atoms with Crippen molar-refractivity contribution in [2.24, 2.45) is 17.4 Å². The molecule has 3 atom stereocenters. The molecule has 1 rings (SSSR count). The van der Waals surface area contributed by atoms with E-state index in [9.17, 15) is 32.7 Å². The molecule has 30 heavy (non-hydrogen) atoms. The second-order valence-electron chi connectivity index (χ2n) is 7.55. The van der Waals surface area contributed by atoms with E-state index in [2.05, 4.69) is 5.32 Å². The maximum Gasteiger partial charge on any atom is 0.405 e. The average Bonchev–Trinajstić information content (AvgIpc) is 2.58. The van der Waals surface area contributed by atoms with Crippen molar-refractivity contribution in [1.29, 1.82) is 0 Å². The van der Waals surface area contributed by atoms with E-state index in [0.717, 1.165) is 0 Å². The first-order chi connectivity index (χ1) is 13.7. The van der Waals surface area contributed by atoms with E-state index < -0.39 is 60.6 Å². The first-order valence-corrected chi connectivity index (χ1v) is 9.07. The van der Waals surface area contributed by atoms with Crippen molar-refractivity contribution in [3.8, 4) is 0 Å². The molecular weight excluding hydrogens is 407 g/mol. The number of aliphatic hydroxyl groups excluding tert-OH is 1. The van der Waals surface area contributed by atoms with Gasteiger partial charge in [0.2, 0.25) is 11.8 Å². The minimum Gasteiger partial charge on any atom is -0.444 e. The van der Waals surface area contributed by atoms with E-state index in [1.807, 2.05) is 0 Å². The quantitative estimate of drug-likeness (QED) is 0.441. The third kappa shape index (κ3) is 9.12. The van der Waals surface area contributed by atoms with Crippen LogP contribution < -0.4 is 16.8 Å². The number of carbonyl (C=O) groups is 3. The predicted octanol–water partition coefficient (Wildman–Crippen LogP) is 1.39. The average molecular weight is 433 g/mol. The van der Waals surface area contributed by atoms with Crippen molar-refractivity contribution < 1.29 is 37.4 Å². The molecule has 1 aromatic rings. The molecule has 0 bridgehead atoms. The molecule has 0 spiro atoms. The van der Waals surface area contributed by atoms with Crippen LogP contribution in [0.4, 0.5) is 18.0 Å². The summed E-state index contributed by atoms with van der Waals surface area (Å²) in [5, 5.41) is 12.3. The summed E-state index contributed by atoms with van der Waals surface area (Å²) in [5.74, 6) is -3.88. The van der Waals surface area contributed by atoms with Gasteiger partial charge in [-0.05, 0) is 32.3 Å².